The van der Waals surface area contributed by atoms with Crippen molar-refractivity contribution in [2.75, 3.05) is 11.5 Å². The maximum atomic E-state index is 12.4. The number of sulfonamides is 1. The molecule has 0 bridgehead atoms. The van der Waals surface area contributed by atoms with E-state index < -0.39 is 41.5 Å². The molecule has 0 aliphatic carbocycles. The highest BCUT2D eigenvalue weighted by molar-refractivity contribution is 7.92. The monoisotopic (exact) mass is 351 g/mol. The Bertz CT molecular complexity index is 941. The molecule has 9 nitrogen and oxygen atoms in total. The number of nitrogens with zero attached hydrogens (tertiary/aromatic N) is 2. The molecule has 1 aliphatic heterocycles. The smallest absolute Gasteiger partial charge is 0.302 e. The number of aromatic nitrogens is 2. The second kappa shape index (κ2) is 5.03. The molecule has 0 spiro atoms. The summed E-state index contributed by atoms with van der Waals surface area (Å²) in [4.78, 5) is 23.0. The van der Waals surface area contributed by atoms with Gasteiger partial charge in [0.15, 0.2) is 14.7 Å². The molecular formula is C11H17N3O6S2. The maximum absolute atomic E-state index is 12.4. The van der Waals surface area contributed by atoms with Gasteiger partial charge in [-0.3, -0.25) is 9.36 Å². The molecule has 1 aromatic rings. The normalized spacial score (nSPS) is 24.5. The van der Waals surface area contributed by atoms with Crippen molar-refractivity contribution in [1.29, 1.82) is 0 Å². The Hall–Kier alpha value is -1.46. The molecule has 0 aromatic carbocycles. The molecule has 124 valence electrons. The minimum Gasteiger partial charge on any atom is -0.302 e. The molecule has 0 saturated carbocycles. The van der Waals surface area contributed by atoms with Crippen LogP contribution >= 0.6 is 0 Å². The molecule has 1 unspecified atom stereocenters. The van der Waals surface area contributed by atoms with Crippen LogP contribution in [0, 0.1) is 0 Å². The van der Waals surface area contributed by atoms with Crippen LogP contribution in [-0.4, -0.2) is 43.0 Å². The van der Waals surface area contributed by atoms with Crippen molar-refractivity contribution in [3.8, 4) is 0 Å². The van der Waals surface area contributed by atoms with Gasteiger partial charge in [-0.15, -0.1) is 0 Å². The van der Waals surface area contributed by atoms with E-state index in [4.69, 9.17) is 0 Å². The summed E-state index contributed by atoms with van der Waals surface area (Å²) in [6, 6.07) is 0. The molecule has 1 aromatic heterocycles. The van der Waals surface area contributed by atoms with Crippen molar-refractivity contribution < 1.29 is 16.8 Å². The molecule has 1 atom stereocenters. The van der Waals surface area contributed by atoms with Gasteiger partial charge in [0.1, 0.15) is 0 Å². The van der Waals surface area contributed by atoms with E-state index in [-0.39, 0.29) is 17.9 Å². The van der Waals surface area contributed by atoms with Crippen molar-refractivity contribution in [1.82, 2.24) is 13.9 Å². The third kappa shape index (κ3) is 3.01. The maximum Gasteiger partial charge on any atom is 0.330 e. The fourth-order valence-corrected chi connectivity index (χ4v) is 6.21. The Morgan fingerprint density at radius 3 is 2.36 bits per heavy atom. The molecule has 2 heterocycles. The molecule has 1 fully saturated rings. The quantitative estimate of drug-likeness (QED) is 0.668. The van der Waals surface area contributed by atoms with Gasteiger partial charge >= 0.3 is 5.69 Å². The molecule has 1 saturated heterocycles. The van der Waals surface area contributed by atoms with Crippen LogP contribution in [0.2, 0.25) is 0 Å². The van der Waals surface area contributed by atoms with Crippen molar-refractivity contribution in [3.05, 3.63) is 27.0 Å². The summed E-state index contributed by atoms with van der Waals surface area (Å²) in [7, 11) is -5.07. The molecule has 0 amide bonds. The van der Waals surface area contributed by atoms with Gasteiger partial charge in [0.25, 0.3) is 5.56 Å². The standard InChI is InChI=1S/C11H17N3O6S2/c1-11(4-5-21(17,18)7-11)12-22(19,20)8-6-13(2)10(16)14(3)9(8)15/h6,12H,4-5,7H2,1-3H3. The van der Waals surface area contributed by atoms with Gasteiger partial charge in [0.05, 0.1) is 11.5 Å². The summed E-state index contributed by atoms with van der Waals surface area (Å²) in [5, 5.41) is 0. The Labute approximate surface area is 127 Å². The second-order valence-corrected chi connectivity index (χ2v) is 9.59. The fourth-order valence-electron chi connectivity index (χ4n) is 2.43. The van der Waals surface area contributed by atoms with Gasteiger partial charge in [-0.1, -0.05) is 0 Å². The van der Waals surface area contributed by atoms with E-state index in [1.807, 2.05) is 0 Å². The number of hydrogen-bond acceptors (Lipinski definition) is 6. The van der Waals surface area contributed by atoms with Gasteiger partial charge in [-0.05, 0) is 13.3 Å². The van der Waals surface area contributed by atoms with Gasteiger partial charge in [-0.2, -0.15) is 0 Å². The number of aryl methyl sites for hydroxylation is 1. The summed E-state index contributed by atoms with van der Waals surface area (Å²) in [5.41, 5.74) is -2.78. The lowest BCUT2D eigenvalue weighted by atomic mass is 10.0. The van der Waals surface area contributed by atoms with Crippen LogP contribution in [-0.2, 0) is 34.0 Å². The SMILES string of the molecule is Cn1cc(S(=O)(=O)NC2(C)CCS(=O)(=O)C2)c(=O)n(C)c1=O. The fraction of sp³-hybridized carbons (Fsp3) is 0.636. The first-order chi connectivity index (χ1) is 9.87. The molecule has 2 rings (SSSR count). The first-order valence-electron chi connectivity index (χ1n) is 6.38. The molecule has 1 aliphatic rings. The van der Waals surface area contributed by atoms with Gasteiger partial charge in [0, 0.05) is 25.8 Å². The van der Waals surface area contributed by atoms with Gasteiger partial charge in [0.2, 0.25) is 10.0 Å². The highest BCUT2D eigenvalue weighted by Crippen LogP contribution is 2.24. The minimum absolute atomic E-state index is 0.114. The minimum atomic E-state index is -4.25. The van der Waals surface area contributed by atoms with Crippen LogP contribution in [0.25, 0.3) is 0 Å². The first-order valence-corrected chi connectivity index (χ1v) is 9.68. The van der Waals surface area contributed by atoms with Crippen LogP contribution < -0.4 is 16.0 Å². The summed E-state index contributed by atoms with van der Waals surface area (Å²) in [5.74, 6) is -0.442. The average molecular weight is 351 g/mol. The van der Waals surface area contributed by atoms with E-state index >= 15 is 0 Å². The van der Waals surface area contributed by atoms with Crippen molar-refractivity contribution >= 4 is 19.9 Å². The highest BCUT2D eigenvalue weighted by atomic mass is 32.2. The third-order valence-corrected chi connectivity index (χ3v) is 7.11. The zero-order chi connectivity index (χ0) is 16.9. The molecular weight excluding hydrogens is 334 g/mol. The van der Waals surface area contributed by atoms with E-state index in [2.05, 4.69) is 4.72 Å². The van der Waals surface area contributed by atoms with Gasteiger partial charge in [-0.25, -0.2) is 26.4 Å². The predicted octanol–water partition coefficient (Wildman–Crippen LogP) is -2.06. The van der Waals surface area contributed by atoms with E-state index in [1.54, 1.807) is 0 Å². The Morgan fingerprint density at radius 2 is 1.86 bits per heavy atom. The van der Waals surface area contributed by atoms with Crippen LogP contribution in [0.4, 0.5) is 0 Å². The van der Waals surface area contributed by atoms with E-state index in [1.165, 1.54) is 21.0 Å². The van der Waals surface area contributed by atoms with Crippen LogP contribution in [0.5, 0.6) is 0 Å². The van der Waals surface area contributed by atoms with Crippen LogP contribution in [0.1, 0.15) is 13.3 Å². The Kier molecular flexibility index (Phi) is 3.86. The van der Waals surface area contributed by atoms with Crippen molar-refractivity contribution in [2.45, 2.75) is 23.8 Å². The average Bonchev–Trinajstić information content (AvgIpc) is 2.64. The molecule has 11 heteroatoms. The summed E-state index contributed by atoms with van der Waals surface area (Å²) in [6.07, 6.45) is 1.06. The number of rotatable bonds is 3. The molecule has 22 heavy (non-hydrogen) atoms. The lowest BCUT2D eigenvalue weighted by molar-refractivity contribution is 0.460. The van der Waals surface area contributed by atoms with Crippen molar-refractivity contribution in [3.63, 3.8) is 0 Å². The van der Waals surface area contributed by atoms with Gasteiger partial charge < -0.3 is 4.57 Å². The lowest BCUT2D eigenvalue weighted by Gasteiger charge is -2.23. The van der Waals surface area contributed by atoms with Crippen LogP contribution in [0.15, 0.2) is 20.7 Å². The van der Waals surface area contributed by atoms with E-state index in [0.29, 0.717) is 4.57 Å². The van der Waals surface area contributed by atoms with E-state index in [0.717, 1.165) is 10.8 Å². The highest BCUT2D eigenvalue weighted by Gasteiger charge is 2.42. The van der Waals surface area contributed by atoms with Crippen molar-refractivity contribution in [2.24, 2.45) is 14.1 Å². The molecule has 1 N–H and O–H groups in total. The number of nitrogens with one attached hydrogen (secondary N) is 1. The zero-order valence-corrected chi connectivity index (χ0v) is 14.0. The largest absolute Gasteiger partial charge is 0.330 e. The first kappa shape index (κ1) is 16.9. The summed E-state index contributed by atoms with van der Waals surface area (Å²) in [6.45, 7) is 1.47. The third-order valence-electron chi connectivity index (χ3n) is 3.59. The molecule has 0 radical (unpaired) electrons. The predicted molar refractivity (Wildman–Crippen MR) is 78.9 cm³/mol. The second-order valence-electron chi connectivity index (χ2n) is 5.76. The van der Waals surface area contributed by atoms with E-state index in [9.17, 15) is 26.4 Å². The summed E-state index contributed by atoms with van der Waals surface area (Å²) < 4.78 is 51.8. The number of hydrogen-bond donors (Lipinski definition) is 1. The topological polar surface area (TPSA) is 124 Å². The number of sulfone groups is 1. The Balaban J connectivity index is 2.50. The zero-order valence-electron chi connectivity index (χ0n) is 12.4. The summed E-state index contributed by atoms with van der Waals surface area (Å²) >= 11 is 0. The lowest BCUT2D eigenvalue weighted by Crippen LogP contribution is -2.49. The Morgan fingerprint density at radius 1 is 1.27 bits per heavy atom. The van der Waals surface area contributed by atoms with Crippen LogP contribution in [0.3, 0.4) is 0 Å².